The lowest BCUT2D eigenvalue weighted by molar-refractivity contribution is -0.128. The van der Waals surface area contributed by atoms with Crippen molar-refractivity contribution >= 4 is 27.5 Å². The van der Waals surface area contributed by atoms with Crippen molar-refractivity contribution in [1.82, 2.24) is 4.31 Å². The number of rotatable bonds is 3. The van der Waals surface area contributed by atoms with Crippen LogP contribution in [0.4, 0.5) is 4.39 Å². The van der Waals surface area contributed by atoms with Crippen molar-refractivity contribution in [2.24, 2.45) is 5.73 Å². The van der Waals surface area contributed by atoms with Crippen molar-refractivity contribution in [2.75, 3.05) is 6.54 Å². The molecule has 1 fully saturated rings. The van der Waals surface area contributed by atoms with Gasteiger partial charge in [-0.3, -0.25) is 4.79 Å². The van der Waals surface area contributed by atoms with Gasteiger partial charge in [-0.1, -0.05) is 17.7 Å². The van der Waals surface area contributed by atoms with E-state index in [9.17, 15) is 17.6 Å². The largest absolute Gasteiger partial charge is 0.368 e. The molecular weight excluding hydrogens is 319 g/mol. The molecule has 1 aromatic rings. The Hall–Kier alpha value is -1.18. The smallest absolute Gasteiger partial charge is 0.248 e. The highest BCUT2D eigenvalue weighted by Crippen LogP contribution is 2.36. The molecule has 1 aromatic carbocycles. The number of hydrogen-bond donors (Lipinski definition) is 1. The number of carbonyl (C=O) groups excluding carboxylic acids is 1. The molecule has 1 aliphatic heterocycles. The van der Waals surface area contributed by atoms with Crippen LogP contribution in [0.25, 0.3) is 0 Å². The summed E-state index contributed by atoms with van der Waals surface area (Å²) in [6, 6.07) is 3.63. The van der Waals surface area contributed by atoms with E-state index in [0.29, 0.717) is 19.3 Å². The minimum absolute atomic E-state index is 0.104. The molecule has 8 heteroatoms. The van der Waals surface area contributed by atoms with Crippen LogP contribution >= 0.6 is 11.6 Å². The topological polar surface area (TPSA) is 80.5 Å². The van der Waals surface area contributed by atoms with Crippen LogP contribution < -0.4 is 5.73 Å². The number of amides is 1. The summed E-state index contributed by atoms with van der Waals surface area (Å²) in [6.07, 6.45) is 1.55. The average molecular weight is 335 g/mol. The van der Waals surface area contributed by atoms with Crippen LogP contribution in [0.3, 0.4) is 0 Å². The van der Waals surface area contributed by atoms with Crippen LogP contribution in [0.5, 0.6) is 0 Å². The maximum absolute atomic E-state index is 13.9. The molecule has 0 spiro atoms. The lowest BCUT2D eigenvalue weighted by atomic mass is 9.90. The molecule has 21 heavy (non-hydrogen) atoms. The molecule has 1 heterocycles. The SMILES string of the molecule is CC1(C(N)=O)CCCCN1S(=O)(=O)c1c(F)cccc1Cl. The molecule has 0 aromatic heterocycles. The molecule has 1 unspecified atom stereocenters. The maximum atomic E-state index is 13.9. The van der Waals surface area contributed by atoms with Crippen molar-refractivity contribution in [2.45, 2.75) is 36.6 Å². The Balaban J connectivity index is 2.59. The van der Waals surface area contributed by atoms with E-state index < -0.39 is 32.2 Å². The zero-order valence-electron chi connectivity index (χ0n) is 11.5. The summed E-state index contributed by atoms with van der Waals surface area (Å²) in [6.45, 7) is 1.56. The minimum Gasteiger partial charge on any atom is -0.368 e. The van der Waals surface area contributed by atoms with E-state index >= 15 is 0 Å². The fraction of sp³-hybridized carbons (Fsp3) is 0.462. The van der Waals surface area contributed by atoms with Gasteiger partial charge in [0.2, 0.25) is 15.9 Å². The van der Waals surface area contributed by atoms with E-state index in [4.69, 9.17) is 17.3 Å². The molecule has 0 radical (unpaired) electrons. The number of halogens is 2. The number of hydrogen-bond acceptors (Lipinski definition) is 3. The first kappa shape index (κ1) is 16.2. The lowest BCUT2D eigenvalue weighted by Crippen LogP contribution is -2.59. The Morgan fingerprint density at radius 1 is 1.43 bits per heavy atom. The van der Waals surface area contributed by atoms with E-state index in [-0.39, 0.29) is 11.6 Å². The van der Waals surface area contributed by atoms with Crippen molar-refractivity contribution in [1.29, 1.82) is 0 Å². The Labute approximate surface area is 127 Å². The van der Waals surface area contributed by atoms with Crippen LogP contribution in [0.15, 0.2) is 23.1 Å². The Bertz CT molecular complexity index is 660. The number of sulfonamides is 1. The molecular formula is C13H16ClFN2O3S. The normalized spacial score (nSPS) is 24.0. The summed E-state index contributed by atoms with van der Waals surface area (Å²) < 4.78 is 40.4. The van der Waals surface area contributed by atoms with Crippen molar-refractivity contribution in [3.8, 4) is 0 Å². The number of primary amides is 1. The highest BCUT2D eigenvalue weighted by atomic mass is 35.5. The summed E-state index contributed by atoms with van der Waals surface area (Å²) in [5.41, 5.74) is 4.00. The summed E-state index contributed by atoms with van der Waals surface area (Å²) in [5, 5.41) is -0.215. The predicted molar refractivity (Wildman–Crippen MR) is 76.8 cm³/mol. The molecule has 1 aliphatic rings. The molecule has 2 rings (SSSR count). The zero-order valence-corrected chi connectivity index (χ0v) is 13.0. The van der Waals surface area contributed by atoms with Gasteiger partial charge in [-0.05, 0) is 38.3 Å². The van der Waals surface area contributed by atoms with Crippen LogP contribution in [-0.4, -0.2) is 30.7 Å². The quantitative estimate of drug-likeness (QED) is 0.916. The second kappa shape index (κ2) is 5.55. The van der Waals surface area contributed by atoms with E-state index in [2.05, 4.69) is 0 Å². The molecule has 1 atom stereocenters. The first-order valence-electron chi connectivity index (χ1n) is 6.48. The number of benzene rings is 1. The Morgan fingerprint density at radius 2 is 2.10 bits per heavy atom. The van der Waals surface area contributed by atoms with Gasteiger partial charge in [0, 0.05) is 6.54 Å². The number of nitrogens with zero attached hydrogens (tertiary/aromatic N) is 1. The Kier molecular flexibility index (Phi) is 4.28. The van der Waals surface area contributed by atoms with Crippen molar-refractivity contribution in [3.63, 3.8) is 0 Å². The summed E-state index contributed by atoms with van der Waals surface area (Å²) >= 11 is 5.84. The predicted octanol–water partition coefficient (Wildman–Crippen LogP) is 1.90. The van der Waals surface area contributed by atoms with Gasteiger partial charge in [-0.25, -0.2) is 12.8 Å². The van der Waals surface area contributed by atoms with Gasteiger partial charge in [0.25, 0.3) is 0 Å². The molecule has 116 valence electrons. The standard InChI is InChI=1S/C13H16ClFN2O3S/c1-13(12(16)18)7-2-3-8-17(13)21(19,20)11-9(14)5-4-6-10(11)15/h4-6H,2-3,7-8H2,1H3,(H2,16,18). The average Bonchev–Trinajstić information content (AvgIpc) is 2.38. The van der Waals surface area contributed by atoms with Crippen LogP contribution in [0, 0.1) is 5.82 Å². The zero-order chi connectivity index (χ0) is 15.8. The molecule has 5 nitrogen and oxygen atoms in total. The minimum atomic E-state index is -4.25. The lowest BCUT2D eigenvalue weighted by Gasteiger charge is -2.41. The van der Waals surface area contributed by atoms with Gasteiger partial charge >= 0.3 is 0 Å². The van der Waals surface area contributed by atoms with Crippen molar-refractivity contribution in [3.05, 3.63) is 29.0 Å². The second-order valence-electron chi connectivity index (χ2n) is 5.22. The van der Waals surface area contributed by atoms with E-state index in [1.807, 2.05) is 0 Å². The molecule has 1 amide bonds. The van der Waals surface area contributed by atoms with Crippen LogP contribution in [-0.2, 0) is 14.8 Å². The molecule has 2 N–H and O–H groups in total. The second-order valence-corrected chi connectivity index (χ2v) is 7.43. The maximum Gasteiger partial charge on any atom is 0.248 e. The number of carbonyl (C=O) groups is 1. The highest BCUT2D eigenvalue weighted by molar-refractivity contribution is 7.89. The third-order valence-electron chi connectivity index (χ3n) is 3.82. The Morgan fingerprint density at radius 3 is 2.67 bits per heavy atom. The summed E-state index contributed by atoms with van der Waals surface area (Å²) in [4.78, 5) is 11.1. The van der Waals surface area contributed by atoms with Gasteiger partial charge in [-0.15, -0.1) is 0 Å². The van der Waals surface area contributed by atoms with Gasteiger partial charge in [0.15, 0.2) is 0 Å². The van der Waals surface area contributed by atoms with E-state index in [1.54, 1.807) is 0 Å². The van der Waals surface area contributed by atoms with Crippen LogP contribution in [0.1, 0.15) is 26.2 Å². The van der Waals surface area contributed by atoms with Gasteiger partial charge in [-0.2, -0.15) is 4.31 Å². The van der Waals surface area contributed by atoms with Gasteiger partial charge in [0.1, 0.15) is 16.3 Å². The van der Waals surface area contributed by atoms with Gasteiger partial charge < -0.3 is 5.73 Å². The monoisotopic (exact) mass is 334 g/mol. The molecule has 1 saturated heterocycles. The van der Waals surface area contributed by atoms with Crippen molar-refractivity contribution < 1.29 is 17.6 Å². The number of piperidine rings is 1. The highest BCUT2D eigenvalue weighted by Gasteiger charge is 2.47. The molecule has 0 saturated carbocycles. The summed E-state index contributed by atoms with van der Waals surface area (Å²) in [7, 11) is -4.25. The third kappa shape index (κ3) is 2.65. The molecule has 0 aliphatic carbocycles. The van der Waals surface area contributed by atoms with E-state index in [0.717, 1.165) is 10.4 Å². The summed E-state index contributed by atoms with van der Waals surface area (Å²) in [5.74, 6) is -1.70. The fourth-order valence-corrected chi connectivity index (χ4v) is 4.95. The van der Waals surface area contributed by atoms with E-state index in [1.165, 1.54) is 19.1 Å². The molecule has 0 bridgehead atoms. The first-order valence-corrected chi connectivity index (χ1v) is 8.30. The fourth-order valence-electron chi connectivity index (χ4n) is 2.57. The van der Waals surface area contributed by atoms with Crippen LogP contribution in [0.2, 0.25) is 5.02 Å². The third-order valence-corrected chi connectivity index (χ3v) is 6.35. The number of nitrogens with two attached hydrogens (primary N) is 1. The first-order chi connectivity index (χ1) is 9.71. The van der Waals surface area contributed by atoms with Gasteiger partial charge in [0.05, 0.1) is 5.02 Å².